The number of carbonyl (C=O) groups is 3. The Kier molecular flexibility index (Phi) is 6.85. The summed E-state index contributed by atoms with van der Waals surface area (Å²) in [5.74, 6) is -1.43. The lowest BCUT2D eigenvalue weighted by molar-refractivity contribution is -0.140. The maximum atomic E-state index is 12.0. The Labute approximate surface area is 120 Å². The van der Waals surface area contributed by atoms with Crippen LogP contribution in [0.2, 0.25) is 0 Å². The van der Waals surface area contributed by atoms with Gasteiger partial charge in [-0.1, -0.05) is 13.8 Å². The van der Waals surface area contributed by atoms with Gasteiger partial charge in [0.25, 0.3) is 0 Å². The van der Waals surface area contributed by atoms with Crippen LogP contribution in [0.15, 0.2) is 0 Å². The fourth-order valence-corrected chi connectivity index (χ4v) is 1.82. The summed E-state index contributed by atoms with van der Waals surface area (Å²) in [6.45, 7) is 10.4. The number of hydrogen-bond acceptors (Lipinski definition) is 4. The molecule has 0 aromatic rings. The molecule has 0 heterocycles. The van der Waals surface area contributed by atoms with Gasteiger partial charge >= 0.3 is 5.97 Å². The molecule has 116 valence electrons. The van der Waals surface area contributed by atoms with Crippen molar-refractivity contribution < 1.29 is 19.5 Å². The molecule has 0 aliphatic heterocycles. The van der Waals surface area contributed by atoms with Crippen molar-refractivity contribution in [2.24, 2.45) is 5.92 Å². The van der Waals surface area contributed by atoms with Crippen molar-refractivity contribution in [2.75, 3.05) is 13.1 Å². The number of nitrogens with zero attached hydrogens (tertiary/aromatic N) is 1. The summed E-state index contributed by atoms with van der Waals surface area (Å²) in [6.07, 6.45) is 0. The summed E-state index contributed by atoms with van der Waals surface area (Å²) >= 11 is 0. The zero-order chi connectivity index (χ0) is 16.1. The van der Waals surface area contributed by atoms with Crippen LogP contribution in [0, 0.1) is 5.92 Å². The summed E-state index contributed by atoms with van der Waals surface area (Å²) in [6, 6.07) is -0.533. The van der Waals surface area contributed by atoms with Gasteiger partial charge in [-0.2, -0.15) is 0 Å². The standard InChI is InChI=1S/C14H26N2O4/c1-9(2)13(10(3)17)15-11(18)7-16(8-12(19)20)14(4,5)6/h9,13H,7-8H2,1-6H3,(H,15,18)(H,19,20). The molecule has 1 atom stereocenters. The molecule has 1 amide bonds. The third-order valence-corrected chi connectivity index (χ3v) is 3.03. The van der Waals surface area contributed by atoms with Gasteiger partial charge in [0.2, 0.25) is 5.91 Å². The summed E-state index contributed by atoms with van der Waals surface area (Å²) in [5, 5.41) is 11.6. The average molecular weight is 286 g/mol. The van der Waals surface area contributed by atoms with Crippen molar-refractivity contribution in [3.63, 3.8) is 0 Å². The van der Waals surface area contributed by atoms with Crippen molar-refractivity contribution in [1.29, 1.82) is 0 Å². The van der Waals surface area contributed by atoms with Crippen LogP contribution in [0.4, 0.5) is 0 Å². The quantitative estimate of drug-likeness (QED) is 0.726. The number of ketones is 1. The second kappa shape index (κ2) is 7.38. The van der Waals surface area contributed by atoms with Crippen molar-refractivity contribution in [3.8, 4) is 0 Å². The maximum absolute atomic E-state index is 12.0. The third kappa shape index (κ3) is 6.65. The fraction of sp³-hybridized carbons (Fsp3) is 0.786. The molecular weight excluding hydrogens is 260 g/mol. The molecule has 0 rings (SSSR count). The number of amides is 1. The monoisotopic (exact) mass is 286 g/mol. The van der Waals surface area contributed by atoms with Gasteiger partial charge < -0.3 is 10.4 Å². The van der Waals surface area contributed by atoms with E-state index in [0.29, 0.717) is 0 Å². The summed E-state index contributed by atoms with van der Waals surface area (Å²) < 4.78 is 0. The largest absolute Gasteiger partial charge is 0.480 e. The molecule has 0 aromatic carbocycles. The highest BCUT2D eigenvalue weighted by Gasteiger charge is 2.27. The molecule has 0 bridgehead atoms. The Morgan fingerprint density at radius 2 is 1.65 bits per heavy atom. The Balaban J connectivity index is 4.76. The number of nitrogens with one attached hydrogen (secondary N) is 1. The third-order valence-electron chi connectivity index (χ3n) is 3.03. The zero-order valence-electron chi connectivity index (χ0n) is 13.2. The molecule has 20 heavy (non-hydrogen) atoms. The number of Topliss-reactive ketones (excluding diaryl/α,β-unsaturated/α-hetero) is 1. The van der Waals surface area contributed by atoms with Gasteiger partial charge in [-0.25, -0.2) is 0 Å². The molecule has 0 aromatic heterocycles. The number of aliphatic carboxylic acids is 1. The lowest BCUT2D eigenvalue weighted by Gasteiger charge is -2.34. The summed E-state index contributed by atoms with van der Waals surface area (Å²) in [5.41, 5.74) is -0.445. The van der Waals surface area contributed by atoms with E-state index in [1.807, 2.05) is 34.6 Å². The second-order valence-electron chi connectivity index (χ2n) is 6.32. The first-order valence-electron chi connectivity index (χ1n) is 6.71. The first-order valence-corrected chi connectivity index (χ1v) is 6.71. The SMILES string of the molecule is CC(=O)C(NC(=O)CN(CC(=O)O)C(C)(C)C)C(C)C. The molecule has 1 unspecified atom stereocenters. The van der Waals surface area contributed by atoms with Gasteiger partial charge in [0.05, 0.1) is 19.1 Å². The second-order valence-corrected chi connectivity index (χ2v) is 6.32. The van der Waals surface area contributed by atoms with E-state index in [1.165, 1.54) is 6.92 Å². The van der Waals surface area contributed by atoms with E-state index in [0.717, 1.165) is 0 Å². The molecule has 0 aliphatic rings. The Bertz CT molecular complexity index is 372. The molecule has 2 N–H and O–H groups in total. The van der Waals surface area contributed by atoms with Crippen molar-refractivity contribution in [1.82, 2.24) is 10.2 Å². The number of carbonyl (C=O) groups excluding carboxylic acids is 2. The maximum Gasteiger partial charge on any atom is 0.317 e. The van der Waals surface area contributed by atoms with Gasteiger partial charge in [-0.05, 0) is 33.6 Å². The molecule has 0 radical (unpaired) electrons. The first kappa shape index (κ1) is 18.6. The number of hydrogen-bond donors (Lipinski definition) is 2. The minimum Gasteiger partial charge on any atom is -0.480 e. The van der Waals surface area contributed by atoms with Gasteiger partial charge in [-0.15, -0.1) is 0 Å². The number of rotatable bonds is 7. The lowest BCUT2D eigenvalue weighted by atomic mass is 10.0. The van der Waals surface area contributed by atoms with Crippen LogP contribution in [0.3, 0.4) is 0 Å². The van der Waals surface area contributed by atoms with Crippen LogP contribution in [0.5, 0.6) is 0 Å². The highest BCUT2D eigenvalue weighted by atomic mass is 16.4. The number of carboxylic acid groups (broad SMARTS) is 1. The van der Waals surface area contributed by atoms with Crippen LogP contribution >= 0.6 is 0 Å². The van der Waals surface area contributed by atoms with E-state index >= 15 is 0 Å². The summed E-state index contributed by atoms with van der Waals surface area (Å²) in [7, 11) is 0. The molecule has 0 saturated heterocycles. The Hall–Kier alpha value is -1.43. The van der Waals surface area contributed by atoms with Gasteiger partial charge in [-0.3, -0.25) is 19.3 Å². The van der Waals surface area contributed by atoms with E-state index in [2.05, 4.69) is 5.32 Å². The van der Waals surface area contributed by atoms with Crippen LogP contribution in [0.1, 0.15) is 41.5 Å². The Morgan fingerprint density at radius 3 is 1.95 bits per heavy atom. The predicted molar refractivity (Wildman–Crippen MR) is 76.4 cm³/mol. The predicted octanol–water partition coefficient (Wildman–Crippen LogP) is 0.901. The molecule has 6 nitrogen and oxygen atoms in total. The smallest absolute Gasteiger partial charge is 0.317 e. The van der Waals surface area contributed by atoms with E-state index < -0.39 is 17.6 Å². The first-order chi connectivity index (χ1) is 8.95. The minimum atomic E-state index is -0.986. The molecule has 0 aliphatic carbocycles. The van der Waals surface area contributed by atoms with E-state index in [1.54, 1.807) is 4.90 Å². The molecule has 0 fully saturated rings. The van der Waals surface area contributed by atoms with E-state index in [4.69, 9.17) is 5.11 Å². The Morgan fingerprint density at radius 1 is 1.15 bits per heavy atom. The molecular formula is C14H26N2O4. The van der Waals surface area contributed by atoms with Crippen molar-refractivity contribution in [2.45, 2.75) is 53.1 Å². The molecule has 6 heteroatoms. The van der Waals surface area contributed by atoms with Gasteiger partial charge in [0, 0.05) is 5.54 Å². The zero-order valence-corrected chi connectivity index (χ0v) is 13.2. The van der Waals surface area contributed by atoms with Crippen LogP contribution in [-0.2, 0) is 14.4 Å². The van der Waals surface area contributed by atoms with E-state index in [9.17, 15) is 14.4 Å². The minimum absolute atomic E-state index is 0.000916. The molecule has 0 saturated carbocycles. The normalized spacial score (nSPS) is 13.4. The van der Waals surface area contributed by atoms with E-state index in [-0.39, 0.29) is 30.7 Å². The summed E-state index contributed by atoms with van der Waals surface area (Å²) in [4.78, 5) is 35.9. The van der Waals surface area contributed by atoms with Crippen molar-refractivity contribution in [3.05, 3.63) is 0 Å². The van der Waals surface area contributed by atoms with Crippen LogP contribution < -0.4 is 5.32 Å². The molecule has 0 spiro atoms. The average Bonchev–Trinajstić information content (AvgIpc) is 2.22. The number of carboxylic acids is 1. The van der Waals surface area contributed by atoms with Crippen molar-refractivity contribution >= 4 is 17.7 Å². The highest BCUT2D eigenvalue weighted by Crippen LogP contribution is 2.12. The fourth-order valence-electron chi connectivity index (χ4n) is 1.82. The topological polar surface area (TPSA) is 86.7 Å². The van der Waals surface area contributed by atoms with Crippen LogP contribution in [-0.4, -0.2) is 52.3 Å². The van der Waals surface area contributed by atoms with Gasteiger partial charge in [0.15, 0.2) is 5.78 Å². The van der Waals surface area contributed by atoms with Gasteiger partial charge in [0.1, 0.15) is 0 Å². The lowest BCUT2D eigenvalue weighted by Crippen LogP contribution is -2.52. The highest BCUT2D eigenvalue weighted by molar-refractivity contribution is 5.88. The van der Waals surface area contributed by atoms with Crippen LogP contribution in [0.25, 0.3) is 0 Å².